The zero-order valence-electron chi connectivity index (χ0n) is 31.5. The van der Waals surface area contributed by atoms with Gasteiger partial charge in [0.1, 0.15) is 17.9 Å². The van der Waals surface area contributed by atoms with E-state index in [0.717, 1.165) is 5.56 Å². The Kier molecular flexibility index (Phi) is 20.8. The maximum atomic E-state index is 13.9. The smallest absolute Gasteiger partial charge is 0.326 e. The van der Waals surface area contributed by atoms with E-state index < -0.39 is 90.1 Å². The van der Waals surface area contributed by atoms with E-state index in [9.17, 15) is 43.8 Å². The fourth-order valence-electron chi connectivity index (χ4n) is 5.76. The van der Waals surface area contributed by atoms with Crippen molar-refractivity contribution in [3.05, 3.63) is 35.9 Å². The Morgan fingerprint density at radius 1 is 0.736 bits per heavy atom. The number of carboxylic acid groups (broad SMARTS) is 1. The van der Waals surface area contributed by atoms with E-state index in [1.165, 1.54) is 6.92 Å². The van der Waals surface area contributed by atoms with Crippen molar-refractivity contribution in [2.45, 2.75) is 110 Å². The number of hydrogen-bond donors (Lipinski definition) is 8. The van der Waals surface area contributed by atoms with Gasteiger partial charge in [0.2, 0.25) is 17.7 Å². The normalized spacial score (nSPS) is 14.6. The predicted molar refractivity (Wildman–Crippen MR) is 199 cm³/mol. The van der Waals surface area contributed by atoms with E-state index in [-0.39, 0.29) is 69.3 Å². The number of benzene rings is 1. The molecule has 16 nitrogen and oxygen atoms in total. The van der Waals surface area contributed by atoms with Gasteiger partial charge in [-0.2, -0.15) is 0 Å². The molecule has 6 atom stereocenters. The lowest BCUT2D eigenvalue weighted by Gasteiger charge is -2.27. The molecule has 0 saturated heterocycles. The van der Waals surface area contributed by atoms with Gasteiger partial charge in [0.15, 0.2) is 17.5 Å². The van der Waals surface area contributed by atoms with Gasteiger partial charge in [0.25, 0.3) is 0 Å². The summed E-state index contributed by atoms with van der Waals surface area (Å²) in [4.78, 5) is 94.9. The Hall–Kier alpha value is -4.70. The van der Waals surface area contributed by atoms with Crippen LogP contribution >= 0.6 is 0 Å². The highest BCUT2D eigenvalue weighted by Gasteiger charge is 2.34. The molecule has 3 amide bonds. The number of nitrogens with zero attached hydrogens (tertiary/aromatic N) is 1. The van der Waals surface area contributed by atoms with Gasteiger partial charge >= 0.3 is 5.97 Å². The van der Waals surface area contributed by atoms with Crippen LogP contribution in [0.4, 0.5) is 0 Å². The highest BCUT2D eigenvalue weighted by Crippen LogP contribution is 2.22. The van der Waals surface area contributed by atoms with Crippen LogP contribution in [0, 0.1) is 23.7 Å². The highest BCUT2D eigenvalue weighted by molar-refractivity contribution is 5.96. The molecule has 0 aliphatic rings. The van der Waals surface area contributed by atoms with E-state index in [1.54, 1.807) is 30.3 Å². The van der Waals surface area contributed by atoms with Gasteiger partial charge in [-0.3, -0.25) is 33.8 Å². The number of amides is 3. The zero-order chi connectivity index (χ0) is 40.2. The number of aliphatic imine (C=N–C) groups is 1. The quantitative estimate of drug-likeness (QED) is 0.0363. The summed E-state index contributed by atoms with van der Waals surface area (Å²) in [6.07, 6.45) is -0.0752. The summed E-state index contributed by atoms with van der Waals surface area (Å²) in [5, 5.41) is 26.8. The Morgan fingerprint density at radius 3 is 1.79 bits per heavy atom. The van der Waals surface area contributed by atoms with Crippen LogP contribution < -0.4 is 33.2 Å². The van der Waals surface area contributed by atoms with E-state index in [2.05, 4.69) is 20.9 Å². The first-order chi connectivity index (χ1) is 24.8. The van der Waals surface area contributed by atoms with Gasteiger partial charge in [0.05, 0.1) is 18.7 Å². The largest absolute Gasteiger partial charge is 0.480 e. The fraction of sp³-hybridized carbons (Fsp3) is 0.622. The number of carbonyl (C=O) groups is 7. The monoisotopic (exact) mass is 745 g/mol. The second-order valence-corrected chi connectivity index (χ2v) is 14.3. The Morgan fingerprint density at radius 2 is 1.26 bits per heavy atom. The topological polar surface area (TPSA) is 286 Å². The van der Waals surface area contributed by atoms with Gasteiger partial charge < -0.3 is 43.4 Å². The number of nitrogens with one attached hydrogen (secondary N) is 3. The summed E-state index contributed by atoms with van der Waals surface area (Å²) in [6.45, 7) is 8.19. The Labute approximate surface area is 311 Å². The first-order valence-corrected chi connectivity index (χ1v) is 18.0. The molecule has 53 heavy (non-hydrogen) atoms. The van der Waals surface area contributed by atoms with Crippen molar-refractivity contribution in [1.82, 2.24) is 16.0 Å². The maximum Gasteiger partial charge on any atom is 0.326 e. The number of carboxylic acids is 1. The number of aliphatic carboxylic acids is 1. The molecule has 1 rings (SSSR count). The molecule has 0 heterocycles. The standard InChI is InChI=1S/C37H59N7O9/c1-21(2)14-26(19-32(48)29(43-35(51)27(38)20-45)17-24-10-7-6-8-11-24)34(50)42-28(15-22(3)4)31(47)18-25(12-9-13-41-37(39)40)33(49)44-30(36(52)53)16-23(5)46/h6-8,10-11,21-22,25-30,45H,9,12-20,38H2,1-5H3,(H,42,50)(H,43,51)(H,44,49)(H,52,53)(H4,39,40,41)/t25-,26-,27+,28+,29+,30+/m1/s1. The average molecular weight is 746 g/mol. The van der Waals surface area contributed by atoms with E-state index in [1.807, 2.05) is 27.7 Å². The number of aliphatic hydroxyl groups excluding tert-OH is 1. The van der Waals surface area contributed by atoms with Crippen molar-refractivity contribution < 1.29 is 43.8 Å². The minimum Gasteiger partial charge on any atom is -0.480 e. The number of carbonyl (C=O) groups excluding carboxylic acids is 6. The van der Waals surface area contributed by atoms with E-state index in [4.69, 9.17) is 17.2 Å². The van der Waals surface area contributed by atoms with Crippen LogP contribution in [0.2, 0.25) is 0 Å². The van der Waals surface area contributed by atoms with Crippen LogP contribution in [0.5, 0.6) is 0 Å². The third kappa shape index (κ3) is 18.6. The van der Waals surface area contributed by atoms with Gasteiger partial charge in [-0.15, -0.1) is 0 Å². The van der Waals surface area contributed by atoms with Crippen molar-refractivity contribution in [3.8, 4) is 0 Å². The van der Waals surface area contributed by atoms with Crippen LogP contribution in [0.25, 0.3) is 0 Å². The summed E-state index contributed by atoms with van der Waals surface area (Å²) >= 11 is 0. The molecule has 1 aromatic rings. The fourth-order valence-corrected chi connectivity index (χ4v) is 5.76. The molecule has 0 spiro atoms. The molecule has 0 saturated carbocycles. The first-order valence-electron chi connectivity index (χ1n) is 18.0. The zero-order valence-corrected chi connectivity index (χ0v) is 31.5. The summed E-state index contributed by atoms with van der Waals surface area (Å²) in [6, 6.07) is 4.12. The number of ketones is 3. The molecule has 0 unspecified atom stereocenters. The molecule has 0 aliphatic heterocycles. The number of aliphatic hydroxyl groups is 1. The van der Waals surface area contributed by atoms with Gasteiger partial charge in [-0.05, 0) is 56.4 Å². The van der Waals surface area contributed by atoms with Crippen LogP contribution in [0.15, 0.2) is 35.3 Å². The Balaban J connectivity index is 3.33. The number of rotatable bonds is 26. The molecular formula is C37H59N7O9. The molecule has 0 bridgehead atoms. The van der Waals surface area contributed by atoms with Gasteiger partial charge in [0, 0.05) is 37.6 Å². The Bertz CT molecular complexity index is 1410. The number of guanidine groups is 1. The lowest BCUT2D eigenvalue weighted by Crippen LogP contribution is -2.51. The van der Waals surface area contributed by atoms with Crippen molar-refractivity contribution in [1.29, 1.82) is 0 Å². The maximum absolute atomic E-state index is 13.9. The van der Waals surface area contributed by atoms with Crippen molar-refractivity contribution in [3.63, 3.8) is 0 Å². The van der Waals surface area contributed by atoms with Crippen LogP contribution in [-0.4, -0.2) is 94.5 Å². The molecule has 0 radical (unpaired) electrons. The number of hydrogen-bond acceptors (Lipinski definition) is 10. The minimum absolute atomic E-state index is 0.0294. The number of Topliss-reactive ketones (excluding diaryl/α,β-unsaturated/α-hetero) is 3. The van der Waals surface area contributed by atoms with Crippen LogP contribution in [0.3, 0.4) is 0 Å². The minimum atomic E-state index is -1.49. The molecule has 0 aliphatic carbocycles. The third-order valence-electron chi connectivity index (χ3n) is 8.44. The lowest BCUT2D eigenvalue weighted by atomic mass is 9.87. The summed E-state index contributed by atoms with van der Waals surface area (Å²) in [5.41, 5.74) is 17.3. The second kappa shape index (κ2) is 23.8. The van der Waals surface area contributed by atoms with Crippen molar-refractivity contribution in [2.24, 2.45) is 45.9 Å². The van der Waals surface area contributed by atoms with E-state index >= 15 is 0 Å². The first kappa shape index (κ1) is 46.3. The second-order valence-electron chi connectivity index (χ2n) is 14.3. The van der Waals surface area contributed by atoms with Crippen LogP contribution in [-0.2, 0) is 40.0 Å². The molecule has 0 aromatic heterocycles. The molecule has 296 valence electrons. The predicted octanol–water partition coefficient (Wildman–Crippen LogP) is 0.363. The molecule has 16 heteroatoms. The highest BCUT2D eigenvalue weighted by atomic mass is 16.4. The lowest BCUT2D eigenvalue weighted by molar-refractivity contribution is -0.144. The van der Waals surface area contributed by atoms with E-state index in [0.29, 0.717) is 0 Å². The van der Waals surface area contributed by atoms with Crippen molar-refractivity contribution >= 4 is 47.0 Å². The summed E-state index contributed by atoms with van der Waals surface area (Å²) < 4.78 is 0. The molecular weight excluding hydrogens is 686 g/mol. The van der Waals surface area contributed by atoms with Crippen LogP contribution in [0.1, 0.15) is 85.1 Å². The molecule has 1 aromatic carbocycles. The molecule has 11 N–H and O–H groups in total. The van der Waals surface area contributed by atoms with Gasteiger partial charge in [-0.25, -0.2) is 4.79 Å². The van der Waals surface area contributed by atoms with Crippen molar-refractivity contribution in [2.75, 3.05) is 13.2 Å². The summed E-state index contributed by atoms with van der Waals surface area (Å²) in [5.74, 6) is -6.96. The van der Waals surface area contributed by atoms with Gasteiger partial charge in [-0.1, -0.05) is 58.0 Å². The third-order valence-corrected chi connectivity index (χ3v) is 8.44. The SMILES string of the molecule is CC(=O)C[C@H](NC(=O)[C@H](CCCN=C(N)N)CC(=O)[C@H](CC(C)C)NC(=O)[C@@H](CC(=O)[C@H](Cc1ccccc1)NC(=O)[C@@H](N)CO)CC(C)C)C(=O)O. The summed E-state index contributed by atoms with van der Waals surface area (Å²) in [7, 11) is 0. The molecule has 0 fully saturated rings. The average Bonchev–Trinajstić information content (AvgIpc) is 3.07. The number of nitrogens with two attached hydrogens (primary N) is 3.